The molecule has 1 aromatic carbocycles. The van der Waals surface area contributed by atoms with Gasteiger partial charge in [-0.05, 0) is 44.9 Å². The molecular formula is C14H21ClN2O. The van der Waals surface area contributed by atoms with E-state index in [1.807, 2.05) is 39.0 Å². The van der Waals surface area contributed by atoms with E-state index in [1.54, 1.807) is 0 Å². The second kappa shape index (κ2) is 6.10. The zero-order valence-electron chi connectivity index (χ0n) is 11.4. The summed E-state index contributed by atoms with van der Waals surface area (Å²) < 4.78 is 0. The fourth-order valence-corrected chi connectivity index (χ4v) is 1.64. The van der Waals surface area contributed by atoms with Gasteiger partial charge in [-0.1, -0.05) is 24.6 Å². The molecule has 1 amide bonds. The van der Waals surface area contributed by atoms with Gasteiger partial charge < -0.3 is 10.6 Å². The highest BCUT2D eigenvalue weighted by molar-refractivity contribution is 6.30. The summed E-state index contributed by atoms with van der Waals surface area (Å²) in [6, 6.07) is 5.59. The fraction of sp³-hybridized carbons (Fsp3) is 0.500. The number of rotatable bonds is 5. The van der Waals surface area contributed by atoms with Gasteiger partial charge in [0.05, 0.1) is 6.54 Å². The van der Waals surface area contributed by atoms with Crippen molar-refractivity contribution in [2.24, 2.45) is 0 Å². The molecule has 1 rings (SSSR count). The third-order valence-electron chi connectivity index (χ3n) is 3.00. The van der Waals surface area contributed by atoms with E-state index < -0.39 is 0 Å². The average Bonchev–Trinajstić information content (AvgIpc) is 2.30. The number of halogens is 1. The number of amides is 1. The zero-order valence-corrected chi connectivity index (χ0v) is 12.2. The van der Waals surface area contributed by atoms with Crippen LogP contribution in [0, 0.1) is 6.92 Å². The lowest BCUT2D eigenvalue weighted by Crippen LogP contribution is -2.45. The average molecular weight is 269 g/mol. The number of aryl methyl sites for hydroxylation is 1. The highest BCUT2D eigenvalue weighted by Crippen LogP contribution is 2.19. The Kier molecular flexibility index (Phi) is 5.03. The van der Waals surface area contributed by atoms with Gasteiger partial charge in [0.25, 0.3) is 0 Å². The molecule has 100 valence electrons. The Bertz CT molecular complexity index is 430. The van der Waals surface area contributed by atoms with Gasteiger partial charge in [-0.25, -0.2) is 0 Å². The molecule has 0 aliphatic carbocycles. The molecule has 0 saturated carbocycles. The largest absolute Gasteiger partial charge is 0.376 e. The van der Waals surface area contributed by atoms with Crippen molar-refractivity contribution in [3.05, 3.63) is 28.8 Å². The second-order valence-electron chi connectivity index (χ2n) is 5.10. The van der Waals surface area contributed by atoms with Crippen LogP contribution in [0.25, 0.3) is 0 Å². The highest BCUT2D eigenvalue weighted by Gasteiger charge is 2.17. The van der Waals surface area contributed by atoms with Gasteiger partial charge in [-0.3, -0.25) is 4.79 Å². The van der Waals surface area contributed by atoms with Crippen LogP contribution in [0.5, 0.6) is 0 Å². The maximum atomic E-state index is 11.8. The van der Waals surface area contributed by atoms with Gasteiger partial charge in [-0.15, -0.1) is 0 Å². The number of nitrogens with one attached hydrogen (secondary N) is 2. The first-order chi connectivity index (χ1) is 8.34. The van der Waals surface area contributed by atoms with E-state index in [1.165, 1.54) is 0 Å². The molecule has 0 atom stereocenters. The highest BCUT2D eigenvalue weighted by atomic mass is 35.5. The molecule has 0 radical (unpaired) electrons. The first kappa shape index (κ1) is 14.8. The van der Waals surface area contributed by atoms with Gasteiger partial charge in [0, 0.05) is 16.2 Å². The number of hydrogen-bond acceptors (Lipinski definition) is 2. The van der Waals surface area contributed by atoms with E-state index in [4.69, 9.17) is 11.6 Å². The number of anilines is 1. The SMILES string of the molecule is CCC(C)(C)NC(=O)CNc1cc(Cl)ccc1C. The van der Waals surface area contributed by atoms with Crippen molar-refractivity contribution in [1.82, 2.24) is 5.32 Å². The molecule has 0 aliphatic heterocycles. The second-order valence-corrected chi connectivity index (χ2v) is 5.53. The number of hydrogen-bond donors (Lipinski definition) is 2. The van der Waals surface area contributed by atoms with Crippen molar-refractivity contribution in [2.45, 2.75) is 39.7 Å². The summed E-state index contributed by atoms with van der Waals surface area (Å²) in [7, 11) is 0. The normalized spacial score (nSPS) is 11.2. The summed E-state index contributed by atoms with van der Waals surface area (Å²) in [4.78, 5) is 11.8. The summed E-state index contributed by atoms with van der Waals surface area (Å²) in [6.45, 7) is 8.30. The number of carbonyl (C=O) groups is 1. The number of benzene rings is 1. The molecule has 2 N–H and O–H groups in total. The molecule has 0 fully saturated rings. The lowest BCUT2D eigenvalue weighted by Gasteiger charge is -2.24. The molecule has 0 aliphatic rings. The van der Waals surface area contributed by atoms with E-state index in [0.717, 1.165) is 17.7 Å². The molecule has 3 nitrogen and oxygen atoms in total. The van der Waals surface area contributed by atoms with E-state index in [-0.39, 0.29) is 18.0 Å². The standard InChI is InChI=1S/C14H21ClN2O/c1-5-14(3,4)17-13(18)9-16-12-8-11(15)7-6-10(12)2/h6-8,16H,5,9H2,1-4H3,(H,17,18). The topological polar surface area (TPSA) is 41.1 Å². The molecule has 0 aromatic heterocycles. The van der Waals surface area contributed by atoms with Gasteiger partial charge in [-0.2, -0.15) is 0 Å². The Morgan fingerprint density at radius 3 is 2.67 bits per heavy atom. The maximum Gasteiger partial charge on any atom is 0.239 e. The van der Waals surface area contributed by atoms with Crippen molar-refractivity contribution < 1.29 is 4.79 Å². The molecular weight excluding hydrogens is 248 g/mol. The summed E-state index contributed by atoms with van der Waals surface area (Å²) in [6.07, 6.45) is 0.898. The molecule has 18 heavy (non-hydrogen) atoms. The Balaban J connectivity index is 2.55. The summed E-state index contributed by atoms with van der Waals surface area (Å²) in [5.74, 6) is -0.0128. The van der Waals surface area contributed by atoms with Crippen molar-refractivity contribution in [1.29, 1.82) is 0 Å². The molecule has 0 saturated heterocycles. The predicted molar refractivity (Wildman–Crippen MR) is 77.2 cm³/mol. The van der Waals surface area contributed by atoms with E-state index >= 15 is 0 Å². The van der Waals surface area contributed by atoms with Crippen LogP contribution >= 0.6 is 11.6 Å². The lowest BCUT2D eigenvalue weighted by atomic mass is 10.0. The third-order valence-corrected chi connectivity index (χ3v) is 3.24. The lowest BCUT2D eigenvalue weighted by molar-refractivity contribution is -0.121. The smallest absolute Gasteiger partial charge is 0.239 e. The van der Waals surface area contributed by atoms with Crippen LogP contribution < -0.4 is 10.6 Å². The van der Waals surface area contributed by atoms with Gasteiger partial charge in [0.2, 0.25) is 5.91 Å². The molecule has 0 bridgehead atoms. The molecule has 0 heterocycles. The third kappa shape index (κ3) is 4.57. The minimum absolute atomic E-state index is 0.0128. The van der Waals surface area contributed by atoms with Gasteiger partial charge in [0.1, 0.15) is 0 Å². The molecule has 0 spiro atoms. The predicted octanol–water partition coefficient (Wildman–Crippen LogP) is 3.37. The minimum atomic E-state index is -0.165. The Morgan fingerprint density at radius 2 is 2.06 bits per heavy atom. The Hall–Kier alpha value is -1.22. The van der Waals surface area contributed by atoms with Crippen molar-refractivity contribution in [3.63, 3.8) is 0 Å². The summed E-state index contributed by atoms with van der Waals surface area (Å²) >= 11 is 5.92. The maximum absolute atomic E-state index is 11.8. The van der Waals surface area contributed by atoms with Crippen molar-refractivity contribution in [2.75, 3.05) is 11.9 Å². The van der Waals surface area contributed by atoms with Gasteiger partial charge >= 0.3 is 0 Å². The van der Waals surface area contributed by atoms with Crippen LogP contribution in [0.2, 0.25) is 5.02 Å². The van der Waals surface area contributed by atoms with Gasteiger partial charge in [0.15, 0.2) is 0 Å². The van der Waals surface area contributed by atoms with Crippen LogP contribution in [0.1, 0.15) is 32.8 Å². The van der Waals surface area contributed by atoms with Crippen molar-refractivity contribution in [3.8, 4) is 0 Å². The quantitative estimate of drug-likeness (QED) is 0.860. The van der Waals surface area contributed by atoms with Crippen LogP contribution in [0.4, 0.5) is 5.69 Å². The summed E-state index contributed by atoms with van der Waals surface area (Å²) in [5, 5.41) is 6.74. The van der Waals surface area contributed by atoms with E-state index in [9.17, 15) is 4.79 Å². The number of carbonyl (C=O) groups excluding carboxylic acids is 1. The Morgan fingerprint density at radius 1 is 1.39 bits per heavy atom. The molecule has 0 unspecified atom stereocenters. The van der Waals surface area contributed by atoms with E-state index in [2.05, 4.69) is 17.6 Å². The zero-order chi connectivity index (χ0) is 13.8. The van der Waals surface area contributed by atoms with Crippen LogP contribution in [-0.2, 0) is 4.79 Å². The Labute approximate surface area is 114 Å². The summed E-state index contributed by atoms with van der Waals surface area (Å²) in [5.41, 5.74) is 1.80. The minimum Gasteiger partial charge on any atom is -0.376 e. The van der Waals surface area contributed by atoms with Crippen molar-refractivity contribution >= 4 is 23.2 Å². The van der Waals surface area contributed by atoms with Crippen LogP contribution in [0.15, 0.2) is 18.2 Å². The van der Waals surface area contributed by atoms with E-state index in [0.29, 0.717) is 5.02 Å². The first-order valence-corrected chi connectivity index (χ1v) is 6.53. The monoisotopic (exact) mass is 268 g/mol. The van der Waals surface area contributed by atoms with Crippen LogP contribution in [-0.4, -0.2) is 18.0 Å². The van der Waals surface area contributed by atoms with Crippen LogP contribution in [0.3, 0.4) is 0 Å². The fourth-order valence-electron chi connectivity index (χ4n) is 1.47. The molecule has 4 heteroatoms. The molecule has 1 aromatic rings. The first-order valence-electron chi connectivity index (χ1n) is 6.15.